The highest BCUT2D eigenvalue weighted by Gasteiger charge is 2.25. The summed E-state index contributed by atoms with van der Waals surface area (Å²) in [6, 6.07) is 7.89. The van der Waals surface area contributed by atoms with Crippen LogP contribution in [0.3, 0.4) is 0 Å². The van der Waals surface area contributed by atoms with Crippen LogP contribution in [-0.4, -0.2) is 35.6 Å². The molecule has 96 valence electrons. The molecule has 0 aliphatic carbocycles. The van der Waals surface area contributed by atoms with E-state index < -0.39 is 5.97 Å². The van der Waals surface area contributed by atoms with Crippen LogP contribution in [-0.2, 0) is 4.79 Å². The van der Waals surface area contributed by atoms with Crippen LogP contribution in [0.2, 0.25) is 0 Å². The van der Waals surface area contributed by atoms with Crippen LogP contribution < -0.4 is 10.0 Å². The Morgan fingerprint density at radius 2 is 2.00 bits per heavy atom. The monoisotopic (exact) mass is 327 g/mol. The Hall–Kier alpha value is -1.14. The predicted molar refractivity (Wildman–Crippen MR) is 75.3 cm³/mol. The van der Waals surface area contributed by atoms with Crippen molar-refractivity contribution < 1.29 is 9.90 Å². The van der Waals surface area contributed by atoms with Crippen LogP contribution >= 0.6 is 28.1 Å². The van der Waals surface area contributed by atoms with Crippen molar-refractivity contribution in [2.75, 3.05) is 24.5 Å². The Bertz CT molecular complexity index is 464. The molecule has 0 aromatic heterocycles. The van der Waals surface area contributed by atoms with Gasteiger partial charge < -0.3 is 19.7 Å². The summed E-state index contributed by atoms with van der Waals surface area (Å²) in [6.07, 6.45) is 0.00825. The largest absolute Gasteiger partial charge is 0.550 e. The van der Waals surface area contributed by atoms with Gasteiger partial charge in [0.2, 0.25) is 0 Å². The van der Waals surface area contributed by atoms with Crippen LogP contribution in [0.15, 0.2) is 28.7 Å². The van der Waals surface area contributed by atoms with Gasteiger partial charge in [0, 0.05) is 42.2 Å². The summed E-state index contributed by atoms with van der Waals surface area (Å²) < 4.78 is 1.02. The maximum Gasteiger partial charge on any atom is 0.176 e. The summed E-state index contributed by atoms with van der Waals surface area (Å²) in [4.78, 5) is 14.4. The van der Waals surface area contributed by atoms with Crippen molar-refractivity contribution in [3.05, 3.63) is 28.7 Å². The van der Waals surface area contributed by atoms with E-state index in [4.69, 9.17) is 12.2 Å². The van der Waals surface area contributed by atoms with Crippen molar-refractivity contribution >= 4 is 44.9 Å². The molecule has 1 aliphatic rings. The van der Waals surface area contributed by atoms with Crippen molar-refractivity contribution in [3.63, 3.8) is 0 Å². The number of carboxylic acids is 1. The number of aliphatic carboxylic acids is 1. The molecule has 0 spiro atoms. The lowest BCUT2D eigenvalue weighted by molar-refractivity contribution is -0.305. The fourth-order valence-electron chi connectivity index (χ4n) is 1.88. The number of carboxylic acid groups (broad SMARTS) is 1. The molecule has 0 N–H and O–H groups in total. The zero-order valence-corrected chi connectivity index (χ0v) is 12.0. The first-order chi connectivity index (χ1) is 8.58. The molecule has 0 bridgehead atoms. The third kappa shape index (κ3) is 3.00. The minimum Gasteiger partial charge on any atom is -0.550 e. The average molecular weight is 328 g/mol. The Labute approximate surface area is 119 Å². The van der Waals surface area contributed by atoms with Crippen molar-refractivity contribution in [1.82, 2.24) is 4.90 Å². The molecule has 4 nitrogen and oxygen atoms in total. The summed E-state index contributed by atoms with van der Waals surface area (Å²) in [5.41, 5.74) is 1.03. The number of carbonyl (C=O) groups excluding carboxylic acids is 1. The summed E-state index contributed by atoms with van der Waals surface area (Å²) in [7, 11) is 0. The molecule has 1 saturated heterocycles. The molecule has 2 rings (SSSR count). The number of rotatable bonds is 4. The Balaban J connectivity index is 2.02. The van der Waals surface area contributed by atoms with Gasteiger partial charge in [0.05, 0.1) is 0 Å². The van der Waals surface area contributed by atoms with E-state index in [2.05, 4.69) is 15.9 Å². The molecule has 18 heavy (non-hydrogen) atoms. The van der Waals surface area contributed by atoms with Gasteiger partial charge >= 0.3 is 0 Å². The average Bonchev–Trinajstić information content (AvgIpc) is 2.69. The normalized spacial score (nSPS) is 15.3. The minimum absolute atomic E-state index is 0.00825. The molecule has 6 heteroatoms. The quantitative estimate of drug-likeness (QED) is 0.772. The predicted octanol–water partition coefficient (Wildman–Crippen LogP) is 0.996. The zero-order chi connectivity index (χ0) is 13.1. The van der Waals surface area contributed by atoms with E-state index in [0.717, 1.165) is 23.2 Å². The van der Waals surface area contributed by atoms with Crippen molar-refractivity contribution in [3.8, 4) is 0 Å². The van der Waals surface area contributed by atoms with Crippen LogP contribution in [0.5, 0.6) is 0 Å². The molecule has 0 saturated carbocycles. The zero-order valence-electron chi connectivity index (χ0n) is 9.63. The molecule has 0 unspecified atom stereocenters. The molecular formula is C12H12BrN2O2S-. The first-order valence-corrected chi connectivity index (χ1v) is 6.80. The van der Waals surface area contributed by atoms with E-state index >= 15 is 0 Å². The Morgan fingerprint density at radius 1 is 1.33 bits per heavy atom. The van der Waals surface area contributed by atoms with E-state index in [1.54, 1.807) is 0 Å². The van der Waals surface area contributed by atoms with Crippen LogP contribution in [0.25, 0.3) is 0 Å². The summed E-state index contributed by atoms with van der Waals surface area (Å²) >= 11 is 8.74. The number of carbonyl (C=O) groups is 1. The van der Waals surface area contributed by atoms with E-state index in [9.17, 15) is 9.90 Å². The molecule has 0 radical (unpaired) electrons. The summed E-state index contributed by atoms with van der Waals surface area (Å²) in [5.74, 6) is -1.04. The highest BCUT2D eigenvalue weighted by Crippen LogP contribution is 2.22. The Kier molecular flexibility index (Phi) is 4.19. The van der Waals surface area contributed by atoms with Gasteiger partial charge in [-0.3, -0.25) is 0 Å². The number of hydrogen-bond donors (Lipinski definition) is 0. The lowest BCUT2D eigenvalue weighted by atomic mass is 10.3. The number of halogens is 1. The SMILES string of the molecule is O=C([O-])CCN1CCN(c2ccc(Br)cc2)C1=S. The first-order valence-electron chi connectivity index (χ1n) is 5.60. The number of nitrogens with zero attached hydrogens (tertiary/aromatic N) is 2. The molecule has 1 aromatic rings. The molecular weight excluding hydrogens is 316 g/mol. The maximum atomic E-state index is 10.5. The summed E-state index contributed by atoms with van der Waals surface area (Å²) in [5, 5.41) is 11.1. The topological polar surface area (TPSA) is 46.6 Å². The summed E-state index contributed by atoms with van der Waals surface area (Å²) in [6.45, 7) is 1.95. The van der Waals surface area contributed by atoms with Gasteiger partial charge in [-0.15, -0.1) is 0 Å². The van der Waals surface area contributed by atoms with Gasteiger partial charge in [0.1, 0.15) is 0 Å². The number of hydrogen-bond acceptors (Lipinski definition) is 3. The second-order valence-corrected chi connectivity index (χ2v) is 5.30. The van der Waals surface area contributed by atoms with Crippen molar-refractivity contribution in [1.29, 1.82) is 0 Å². The molecule has 1 fully saturated rings. The van der Waals surface area contributed by atoms with Gasteiger partial charge in [-0.2, -0.15) is 0 Å². The van der Waals surface area contributed by atoms with Gasteiger partial charge in [-0.1, -0.05) is 15.9 Å². The van der Waals surface area contributed by atoms with Gasteiger partial charge in [0.15, 0.2) is 5.11 Å². The first kappa shape index (κ1) is 13.3. The van der Waals surface area contributed by atoms with Gasteiger partial charge in [-0.25, -0.2) is 0 Å². The third-order valence-electron chi connectivity index (χ3n) is 2.82. The number of anilines is 1. The molecule has 0 amide bonds. The molecule has 1 aromatic carbocycles. The van der Waals surface area contributed by atoms with Crippen LogP contribution in [0.4, 0.5) is 5.69 Å². The Morgan fingerprint density at radius 3 is 2.61 bits per heavy atom. The molecule has 1 heterocycles. The highest BCUT2D eigenvalue weighted by atomic mass is 79.9. The van der Waals surface area contributed by atoms with E-state index in [1.807, 2.05) is 34.1 Å². The minimum atomic E-state index is -1.04. The lowest BCUT2D eigenvalue weighted by Gasteiger charge is -2.22. The molecule has 1 aliphatic heterocycles. The maximum absolute atomic E-state index is 10.5. The number of thiocarbonyl (C=S) groups is 1. The van der Waals surface area contributed by atoms with E-state index in [0.29, 0.717) is 11.7 Å². The standard InChI is InChI=1S/C12H13BrN2O2S/c13-9-1-3-10(4-2-9)15-8-7-14(12(15)18)6-5-11(16)17/h1-4H,5-8H2,(H,16,17)/p-1. The second kappa shape index (κ2) is 5.67. The highest BCUT2D eigenvalue weighted by molar-refractivity contribution is 9.10. The van der Waals surface area contributed by atoms with E-state index in [1.165, 1.54) is 0 Å². The van der Waals surface area contributed by atoms with Crippen molar-refractivity contribution in [2.45, 2.75) is 6.42 Å². The fraction of sp³-hybridized carbons (Fsp3) is 0.333. The third-order valence-corrected chi connectivity index (χ3v) is 3.83. The lowest BCUT2D eigenvalue weighted by Crippen LogP contribution is -2.35. The smallest absolute Gasteiger partial charge is 0.176 e. The fourth-order valence-corrected chi connectivity index (χ4v) is 2.52. The van der Waals surface area contributed by atoms with E-state index in [-0.39, 0.29) is 6.42 Å². The van der Waals surface area contributed by atoms with Crippen molar-refractivity contribution in [2.24, 2.45) is 0 Å². The van der Waals surface area contributed by atoms with Gasteiger partial charge in [0.25, 0.3) is 0 Å². The molecule has 0 atom stereocenters. The number of benzene rings is 1. The van der Waals surface area contributed by atoms with Gasteiger partial charge in [-0.05, 0) is 36.5 Å². The second-order valence-electron chi connectivity index (χ2n) is 4.02. The van der Waals surface area contributed by atoms with Crippen LogP contribution in [0, 0.1) is 0 Å². The van der Waals surface area contributed by atoms with Crippen LogP contribution in [0.1, 0.15) is 6.42 Å².